The molecule has 0 unspecified atom stereocenters. The van der Waals surface area contributed by atoms with E-state index >= 15 is 0 Å². The second-order valence-corrected chi connectivity index (χ2v) is 7.21. The molecule has 116 valence electrons. The molecule has 0 N–H and O–H groups in total. The Kier molecular flexibility index (Phi) is 3.56. The number of alkyl halides is 3. The van der Waals surface area contributed by atoms with E-state index in [1.807, 2.05) is 0 Å². The number of hydrogen-bond acceptors (Lipinski definition) is 3. The van der Waals surface area contributed by atoms with Crippen molar-refractivity contribution in [2.75, 3.05) is 13.3 Å². The molecule has 1 aliphatic carbocycles. The zero-order valence-electron chi connectivity index (χ0n) is 11.4. The van der Waals surface area contributed by atoms with E-state index in [9.17, 15) is 26.4 Å². The summed E-state index contributed by atoms with van der Waals surface area (Å²) in [5, 5.41) is 0. The second kappa shape index (κ2) is 4.72. The van der Waals surface area contributed by atoms with Crippen LogP contribution in [-0.2, 0) is 9.84 Å². The summed E-state index contributed by atoms with van der Waals surface area (Å²) in [5.74, 6) is -0.773. The Balaban J connectivity index is 2.25. The van der Waals surface area contributed by atoms with Crippen molar-refractivity contribution in [1.29, 1.82) is 0 Å². The summed E-state index contributed by atoms with van der Waals surface area (Å²) in [5.41, 5.74) is -2.06. The molecular weight excluding hydrogens is 307 g/mol. The molecule has 4 nitrogen and oxygen atoms in total. The minimum atomic E-state index is -4.47. The van der Waals surface area contributed by atoms with Crippen molar-refractivity contribution in [2.45, 2.75) is 29.5 Å². The average molecular weight is 321 g/mol. The highest BCUT2D eigenvalue weighted by Gasteiger charge is 2.67. The molecule has 0 heterocycles. The van der Waals surface area contributed by atoms with Crippen LogP contribution in [0.25, 0.3) is 0 Å². The molecule has 1 saturated carbocycles. The fraction of sp³-hybridized carbons (Fsp3) is 0.462. The van der Waals surface area contributed by atoms with E-state index in [1.54, 1.807) is 0 Å². The number of nitrogens with zero attached hydrogens (tertiary/aromatic N) is 1. The summed E-state index contributed by atoms with van der Waals surface area (Å²) in [6, 6.07) is 4.87. The molecule has 1 aliphatic rings. The van der Waals surface area contributed by atoms with Crippen LogP contribution in [0.3, 0.4) is 0 Å². The number of halogens is 3. The third kappa shape index (κ3) is 2.76. The lowest BCUT2D eigenvalue weighted by atomic mass is 10.1. The standard InChI is InChI=1S/C13H14F3NO3S/c1-17(12(7-8-12)13(14,15)16)11(18)9-3-5-10(6-4-9)21(2,19)20/h3-6H,7-8H2,1-2H3. The molecule has 0 aromatic heterocycles. The van der Waals surface area contributed by atoms with E-state index in [0.717, 1.165) is 13.3 Å². The Hall–Kier alpha value is -1.57. The molecule has 1 aromatic carbocycles. The predicted molar refractivity (Wildman–Crippen MR) is 69.7 cm³/mol. The highest BCUT2D eigenvalue weighted by atomic mass is 32.2. The van der Waals surface area contributed by atoms with Crippen molar-refractivity contribution in [1.82, 2.24) is 4.90 Å². The van der Waals surface area contributed by atoms with Crippen LogP contribution < -0.4 is 0 Å². The molecule has 0 atom stereocenters. The van der Waals surface area contributed by atoms with Gasteiger partial charge >= 0.3 is 6.18 Å². The Morgan fingerprint density at radius 2 is 1.67 bits per heavy atom. The minimum absolute atomic E-state index is 0.0126. The Morgan fingerprint density at radius 3 is 2.00 bits per heavy atom. The minimum Gasteiger partial charge on any atom is -0.327 e. The van der Waals surface area contributed by atoms with Gasteiger partial charge in [-0.05, 0) is 37.1 Å². The van der Waals surface area contributed by atoms with Gasteiger partial charge in [-0.3, -0.25) is 4.79 Å². The fourth-order valence-electron chi connectivity index (χ4n) is 2.16. The van der Waals surface area contributed by atoms with Gasteiger partial charge in [0, 0.05) is 18.9 Å². The molecule has 21 heavy (non-hydrogen) atoms. The van der Waals surface area contributed by atoms with Crippen molar-refractivity contribution in [3.05, 3.63) is 29.8 Å². The van der Waals surface area contributed by atoms with Crippen LogP contribution in [0.1, 0.15) is 23.2 Å². The molecular formula is C13H14F3NO3S. The summed E-state index contributed by atoms with van der Waals surface area (Å²) < 4.78 is 61.5. The SMILES string of the molecule is CN(C(=O)c1ccc(S(C)(=O)=O)cc1)C1(C(F)(F)F)CC1. The van der Waals surface area contributed by atoms with E-state index in [2.05, 4.69) is 0 Å². The maximum atomic E-state index is 13.0. The lowest BCUT2D eigenvalue weighted by Gasteiger charge is -2.30. The van der Waals surface area contributed by atoms with Crippen molar-refractivity contribution < 1.29 is 26.4 Å². The molecule has 2 rings (SSSR count). The Morgan fingerprint density at radius 1 is 1.19 bits per heavy atom. The molecule has 1 amide bonds. The predicted octanol–water partition coefficient (Wildman–Crippen LogP) is 2.26. The normalized spacial score (nSPS) is 17.4. The molecule has 0 saturated heterocycles. The lowest BCUT2D eigenvalue weighted by Crippen LogP contribution is -2.49. The van der Waals surface area contributed by atoms with Crippen LogP contribution in [0.15, 0.2) is 29.2 Å². The summed E-state index contributed by atoms with van der Waals surface area (Å²) in [4.78, 5) is 12.8. The van der Waals surface area contributed by atoms with Crippen molar-refractivity contribution in [3.63, 3.8) is 0 Å². The second-order valence-electron chi connectivity index (χ2n) is 5.19. The number of benzene rings is 1. The van der Waals surface area contributed by atoms with Gasteiger partial charge in [-0.15, -0.1) is 0 Å². The smallest absolute Gasteiger partial charge is 0.327 e. The first-order valence-corrected chi connectivity index (χ1v) is 8.03. The highest BCUT2D eigenvalue weighted by molar-refractivity contribution is 7.90. The van der Waals surface area contributed by atoms with Crippen LogP contribution in [0, 0.1) is 0 Å². The van der Waals surface area contributed by atoms with Crippen LogP contribution in [0.2, 0.25) is 0 Å². The maximum Gasteiger partial charge on any atom is 0.411 e. The highest BCUT2D eigenvalue weighted by Crippen LogP contribution is 2.53. The number of amides is 1. The Bertz CT molecular complexity index is 661. The van der Waals surface area contributed by atoms with Gasteiger partial charge in [-0.2, -0.15) is 13.2 Å². The largest absolute Gasteiger partial charge is 0.411 e. The van der Waals surface area contributed by atoms with Gasteiger partial charge in [-0.25, -0.2) is 8.42 Å². The van der Waals surface area contributed by atoms with Crippen molar-refractivity contribution >= 4 is 15.7 Å². The third-order valence-corrected chi connectivity index (χ3v) is 4.86. The monoisotopic (exact) mass is 321 g/mol. The zero-order chi connectivity index (χ0) is 16.1. The summed E-state index contributed by atoms with van der Waals surface area (Å²) in [6.07, 6.45) is -3.68. The summed E-state index contributed by atoms with van der Waals surface area (Å²) in [7, 11) is -2.29. The first-order chi connectivity index (χ1) is 9.49. The molecule has 8 heteroatoms. The quantitative estimate of drug-likeness (QED) is 0.858. The first kappa shape index (κ1) is 15.8. The topological polar surface area (TPSA) is 54.5 Å². The molecule has 0 radical (unpaired) electrons. The van der Waals surface area contributed by atoms with Crippen molar-refractivity contribution in [3.8, 4) is 0 Å². The maximum absolute atomic E-state index is 13.0. The zero-order valence-corrected chi connectivity index (χ0v) is 12.3. The van der Waals surface area contributed by atoms with E-state index in [1.165, 1.54) is 24.3 Å². The van der Waals surface area contributed by atoms with Gasteiger partial charge in [0.05, 0.1) is 4.90 Å². The van der Waals surface area contributed by atoms with E-state index in [4.69, 9.17) is 0 Å². The first-order valence-electron chi connectivity index (χ1n) is 6.14. The third-order valence-electron chi connectivity index (χ3n) is 3.73. The number of carbonyl (C=O) groups excluding carboxylic acids is 1. The van der Waals surface area contributed by atoms with Gasteiger partial charge in [0.2, 0.25) is 0 Å². The molecule has 1 aromatic rings. The van der Waals surface area contributed by atoms with Crippen LogP contribution in [0.5, 0.6) is 0 Å². The van der Waals surface area contributed by atoms with Gasteiger partial charge < -0.3 is 4.90 Å². The summed E-state index contributed by atoms with van der Waals surface area (Å²) in [6.45, 7) is 0. The van der Waals surface area contributed by atoms with Crippen molar-refractivity contribution in [2.24, 2.45) is 0 Å². The van der Waals surface area contributed by atoms with Crippen LogP contribution in [-0.4, -0.2) is 44.2 Å². The fourth-order valence-corrected chi connectivity index (χ4v) is 2.79. The van der Waals surface area contributed by atoms with Crippen LogP contribution in [0.4, 0.5) is 13.2 Å². The van der Waals surface area contributed by atoms with Gasteiger partial charge in [0.15, 0.2) is 9.84 Å². The van der Waals surface area contributed by atoms with Gasteiger partial charge in [-0.1, -0.05) is 0 Å². The molecule has 1 fully saturated rings. The number of hydrogen-bond donors (Lipinski definition) is 0. The van der Waals surface area contributed by atoms with Gasteiger partial charge in [0.1, 0.15) is 5.54 Å². The Labute approximate surface area is 120 Å². The van der Waals surface area contributed by atoms with E-state index in [-0.39, 0.29) is 23.3 Å². The average Bonchev–Trinajstić information content (AvgIpc) is 3.17. The molecule has 0 bridgehead atoms. The van der Waals surface area contributed by atoms with E-state index < -0.39 is 27.5 Å². The number of carbonyl (C=O) groups is 1. The molecule has 0 aliphatic heterocycles. The number of sulfone groups is 1. The lowest BCUT2D eigenvalue weighted by molar-refractivity contribution is -0.185. The summed E-state index contributed by atoms with van der Waals surface area (Å²) >= 11 is 0. The van der Waals surface area contributed by atoms with E-state index in [0.29, 0.717) is 4.90 Å². The molecule has 0 spiro atoms. The van der Waals surface area contributed by atoms with Crippen LogP contribution >= 0.6 is 0 Å². The number of rotatable bonds is 3. The van der Waals surface area contributed by atoms with Gasteiger partial charge in [0.25, 0.3) is 5.91 Å².